The van der Waals surface area contributed by atoms with E-state index in [4.69, 9.17) is 4.74 Å². The third-order valence-corrected chi connectivity index (χ3v) is 3.39. The molecule has 0 unspecified atom stereocenters. The molecule has 0 aromatic heterocycles. The summed E-state index contributed by atoms with van der Waals surface area (Å²) in [7, 11) is 0. The van der Waals surface area contributed by atoms with Gasteiger partial charge in [0, 0.05) is 12.6 Å². The van der Waals surface area contributed by atoms with Gasteiger partial charge in [0.1, 0.15) is 12.4 Å². The molecule has 0 aliphatic heterocycles. The van der Waals surface area contributed by atoms with Crippen molar-refractivity contribution in [2.75, 3.05) is 13.2 Å². The average molecular weight is 451 g/mol. The van der Waals surface area contributed by atoms with Gasteiger partial charge in [0.15, 0.2) is 5.96 Å². The van der Waals surface area contributed by atoms with Crippen molar-refractivity contribution < 1.29 is 13.5 Å². The Kier molecular flexibility index (Phi) is 9.66. The summed E-state index contributed by atoms with van der Waals surface area (Å²) in [4.78, 5) is 4.55. The molecule has 0 fully saturated rings. The van der Waals surface area contributed by atoms with Gasteiger partial charge in [-0.1, -0.05) is 24.3 Å². The first-order valence-corrected chi connectivity index (χ1v) is 7.87. The number of rotatable bonds is 7. The van der Waals surface area contributed by atoms with Gasteiger partial charge in [-0.05, 0) is 37.5 Å². The van der Waals surface area contributed by atoms with Gasteiger partial charge in [0.25, 0.3) is 6.43 Å². The van der Waals surface area contributed by atoms with Crippen molar-refractivity contribution in [3.05, 3.63) is 42.0 Å². The van der Waals surface area contributed by atoms with Crippen LogP contribution in [0.2, 0.25) is 0 Å². The highest BCUT2D eigenvalue weighted by Crippen LogP contribution is 2.15. The Morgan fingerprint density at radius 1 is 1.33 bits per heavy atom. The van der Waals surface area contributed by atoms with Crippen LogP contribution >= 0.6 is 24.0 Å². The molecule has 1 aromatic rings. The number of guanidine groups is 1. The van der Waals surface area contributed by atoms with Crippen LogP contribution in [0.3, 0.4) is 0 Å². The molecule has 0 amide bonds. The fourth-order valence-corrected chi connectivity index (χ4v) is 2.31. The molecule has 1 aromatic carbocycles. The second-order valence-electron chi connectivity index (χ2n) is 5.33. The maximum Gasteiger partial charge on any atom is 0.272 e. The molecule has 2 rings (SSSR count). The zero-order valence-electron chi connectivity index (χ0n) is 13.7. The molecule has 1 aliphatic rings. The lowest BCUT2D eigenvalue weighted by molar-refractivity contribution is 0.0818. The fourth-order valence-electron chi connectivity index (χ4n) is 2.31. The van der Waals surface area contributed by atoms with Gasteiger partial charge < -0.3 is 15.4 Å². The molecule has 0 atom stereocenters. The standard InChI is InChI=1S/C17H23F2N3O.HI/c1-2-20-17(22-14-7-3-4-8-14)21-11-13-6-5-9-15(10-13)23-12-16(18)19;/h3-6,9-10,14,16H,2,7-8,11-12H2,1H3,(H2,20,21,22);1H. The molecular weight excluding hydrogens is 427 g/mol. The summed E-state index contributed by atoms with van der Waals surface area (Å²) in [5.74, 6) is 1.20. The number of alkyl halides is 2. The number of halogens is 3. The van der Waals surface area contributed by atoms with Crippen molar-refractivity contribution in [1.82, 2.24) is 10.6 Å². The van der Waals surface area contributed by atoms with Crippen molar-refractivity contribution in [2.24, 2.45) is 4.99 Å². The number of benzene rings is 1. The Labute approximate surface area is 158 Å². The number of nitrogens with zero attached hydrogens (tertiary/aromatic N) is 1. The summed E-state index contributed by atoms with van der Waals surface area (Å²) < 4.78 is 29.4. The van der Waals surface area contributed by atoms with E-state index in [2.05, 4.69) is 27.8 Å². The van der Waals surface area contributed by atoms with E-state index >= 15 is 0 Å². The lowest BCUT2D eigenvalue weighted by Crippen LogP contribution is -2.42. The minimum atomic E-state index is -2.47. The first-order chi connectivity index (χ1) is 11.2. The van der Waals surface area contributed by atoms with Crippen LogP contribution in [0.4, 0.5) is 8.78 Å². The van der Waals surface area contributed by atoms with Crippen LogP contribution in [0, 0.1) is 0 Å². The Balaban J connectivity index is 0.00000288. The van der Waals surface area contributed by atoms with Crippen LogP contribution in [0.1, 0.15) is 25.3 Å². The van der Waals surface area contributed by atoms with Crippen LogP contribution in [-0.4, -0.2) is 31.6 Å². The van der Waals surface area contributed by atoms with Crippen molar-refractivity contribution in [2.45, 2.75) is 38.8 Å². The number of ether oxygens (including phenoxy) is 1. The Morgan fingerprint density at radius 3 is 2.75 bits per heavy atom. The monoisotopic (exact) mass is 451 g/mol. The first-order valence-electron chi connectivity index (χ1n) is 7.87. The van der Waals surface area contributed by atoms with E-state index in [0.29, 0.717) is 18.3 Å². The van der Waals surface area contributed by atoms with Crippen LogP contribution in [0.25, 0.3) is 0 Å². The predicted molar refractivity (Wildman–Crippen MR) is 103 cm³/mol. The molecule has 134 valence electrons. The maximum atomic E-state index is 12.2. The summed E-state index contributed by atoms with van der Waals surface area (Å²) in [6.07, 6.45) is 3.85. The third kappa shape index (κ3) is 7.46. The fraction of sp³-hybridized carbons (Fsp3) is 0.471. The average Bonchev–Trinajstić information content (AvgIpc) is 3.04. The predicted octanol–water partition coefficient (Wildman–Crippen LogP) is 3.72. The van der Waals surface area contributed by atoms with E-state index in [-0.39, 0.29) is 24.0 Å². The Bertz CT molecular complexity index is 544. The van der Waals surface area contributed by atoms with Gasteiger partial charge >= 0.3 is 0 Å². The van der Waals surface area contributed by atoms with Crippen molar-refractivity contribution in [3.8, 4) is 5.75 Å². The summed E-state index contributed by atoms with van der Waals surface area (Å²) in [6.45, 7) is 2.67. The minimum absolute atomic E-state index is 0. The van der Waals surface area contributed by atoms with E-state index in [9.17, 15) is 8.78 Å². The van der Waals surface area contributed by atoms with Gasteiger partial charge in [-0.25, -0.2) is 13.8 Å². The topological polar surface area (TPSA) is 45.7 Å². The molecule has 2 N–H and O–H groups in total. The van der Waals surface area contributed by atoms with Crippen LogP contribution < -0.4 is 15.4 Å². The van der Waals surface area contributed by atoms with Gasteiger partial charge in [-0.3, -0.25) is 0 Å². The largest absolute Gasteiger partial charge is 0.488 e. The highest BCUT2D eigenvalue weighted by atomic mass is 127. The van der Waals surface area contributed by atoms with E-state index in [1.54, 1.807) is 18.2 Å². The van der Waals surface area contributed by atoms with E-state index in [1.165, 1.54) is 0 Å². The molecule has 1 aliphatic carbocycles. The van der Waals surface area contributed by atoms with E-state index in [0.717, 1.165) is 30.9 Å². The SMILES string of the molecule is CCNC(=NCc1cccc(OCC(F)F)c1)NC1CC=CC1.I. The van der Waals surface area contributed by atoms with Crippen LogP contribution in [0.5, 0.6) is 5.75 Å². The van der Waals surface area contributed by atoms with E-state index < -0.39 is 13.0 Å². The summed E-state index contributed by atoms with van der Waals surface area (Å²) in [6, 6.07) is 7.48. The normalized spacial score (nSPS) is 14.6. The highest BCUT2D eigenvalue weighted by Gasteiger charge is 2.11. The molecule has 0 radical (unpaired) electrons. The Morgan fingerprint density at radius 2 is 2.08 bits per heavy atom. The number of nitrogens with one attached hydrogen (secondary N) is 2. The molecule has 7 heteroatoms. The van der Waals surface area contributed by atoms with Crippen molar-refractivity contribution in [3.63, 3.8) is 0 Å². The van der Waals surface area contributed by atoms with Gasteiger partial charge in [0.05, 0.1) is 6.54 Å². The van der Waals surface area contributed by atoms with Gasteiger partial charge in [-0.15, -0.1) is 24.0 Å². The maximum absolute atomic E-state index is 12.2. The third-order valence-electron chi connectivity index (χ3n) is 3.39. The second-order valence-corrected chi connectivity index (χ2v) is 5.33. The molecule has 0 bridgehead atoms. The van der Waals surface area contributed by atoms with Gasteiger partial charge in [-0.2, -0.15) is 0 Å². The Hall–Kier alpha value is -1.38. The zero-order chi connectivity index (χ0) is 16.5. The zero-order valence-corrected chi connectivity index (χ0v) is 16.0. The van der Waals surface area contributed by atoms with Crippen LogP contribution in [0.15, 0.2) is 41.4 Å². The molecule has 0 saturated heterocycles. The minimum Gasteiger partial charge on any atom is -0.488 e. The number of aliphatic imine (C=N–C) groups is 1. The summed E-state index contributed by atoms with van der Waals surface area (Å²) in [5, 5.41) is 6.60. The molecule has 24 heavy (non-hydrogen) atoms. The van der Waals surface area contributed by atoms with Crippen LogP contribution in [-0.2, 0) is 6.54 Å². The molecule has 0 heterocycles. The first kappa shape index (κ1) is 20.7. The smallest absolute Gasteiger partial charge is 0.272 e. The molecule has 0 saturated carbocycles. The van der Waals surface area contributed by atoms with Crippen molar-refractivity contribution in [1.29, 1.82) is 0 Å². The molecular formula is C17H24F2IN3O. The van der Waals surface area contributed by atoms with E-state index in [1.807, 2.05) is 13.0 Å². The number of hydrogen-bond donors (Lipinski definition) is 2. The second kappa shape index (κ2) is 11.2. The van der Waals surface area contributed by atoms with Crippen molar-refractivity contribution >= 4 is 29.9 Å². The highest BCUT2D eigenvalue weighted by molar-refractivity contribution is 14.0. The molecule has 4 nitrogen and oxygen atoms in total. The number of hydrogen-bond acceptors (Lipinski definition) is 2. The molecule has 0 spiro atoms. The summed E-state index contributed by atoms with van der Waals surface area (Å²) >= 11 is 0. The lowest BCUT2D eigenvalue weighted by atomic mass is 10.2. The summed E-state index contributed by atoms with van der Waals surface area (Å²) in [5.41, 5.74) is 0.915. The lowest BCUT2D eigenvalue weighted by Gasteiger charge is -2.16. The van der Waals surface area contributed by atoms with Gasteiger partial charge in [0.2, 0.25) is 0 Å². The quantitative estimate of drug-likeness (QED) is 0.288.